The molecule has 0 saturated carbocycles. The Hall–Kier alpha value is -4.08. The van der Waals surface area contributed by atoms with Crippen molar-refractivity contribution in [2.75, 3.05) is 27.7 Å². The molecule has 3 N–H and O–H groups in total. The number of rotatable bonds is 10. The SMILES string of the molecule is CNC(=O)C(CN(C)C(=O)[C@@H](Cc1csc2ccccc12)N(C)C(=O)c1cccc(C(C)N)c1)c1ccccc1F. The van der Waals surface area contributed by atoms with Crippen LogP contribution in [-0.2, 0) is 16.0 Å². The highest BCUT2D eigenvalue weighted by atomic mass is 32.1. The summed E-state index contributed by atoms with van der Waals surface area (Å²) in [5.74, 6) is -2.54. The van der Waals surface area contributed by atoms with Crippen molar-refractivity contribution in [2.45, 2.75) is 31.3 Å². The number of fused-ring (bicyclic) bond motifs is 1. The molecule has 7 nitrogen and oxygen atoms in total. The molecule has 0 aliphatic heterocycles. The molecule has 0 aliphatic carbocycles. The van der Waals surface area contributed by atoms with Gasteiger partial charge in [0.15, 0.2) is 0 Å². The highest BCUT2D eigenvalue weighted by molar-refractivity contribution is 7.17. The Labute approximate surface area is 243 Å². The van der Waals surface area contributed by atoms with Gasteiger partial charge in [0.2, 0.25) is 11.8 Å². The molecule has 2 unspecified atom stereocenters. The lowest BCUT2D eigenvalue weighted by atomic mass is 9.96. The first-order valence-electron chi connectivity index (χ1n) is 13.4. The van der Waals surface area contributed by atoms with Gasteiger partial charge in [-0.05, 0) is 53.1 Å². The number of likely N-dealkylation sites (N-methyl/N-ethyl adjacent to an activating group) is 3. The lowest BCUT2D eigenvalue weighted by Crippen LogP contribution is -2.51. The number of thiophene rings is 1. The molecule has 4 aromatic rings. The smallest absolute Gasteiger partial charge is 0.254 e. The van der Waals surface area contributed by atoms with Gasteiger partial charge in [-0.15, -0.1) is 11.3 Å². The van der Waals surface area contributed by atoms with E-state index in [-0.39, 0.29) is 36.4 Å². The van der Waals surface area contributed by atoms with E-state index in [1.54, 1.807) is 61.8 Å². The van der Waals surface area contributed by atoms with Crippen LogP contribution >= 0.6 is 11.3 Å². The van der Waals surface area contributed by atoms with E-state index in [1.165, 1.54) is 22.9 Å². The lowest BCUT2D eigenvalue weighted by Gasteiger charge is -2.32. The summed E-state index contributed by atoms with van der Waals surface area (Å²) in [7, 11) is 4.66. The monoisotopic (exact) mass is 574 g/mol. The van der Waals surface area contributed by atoms with E-state index in [0.29, 0.717) is 5.56 Å². The molecule has 0 radical (unpaired) electrons. The minimum absolute atomic E-state index is 0.0669. The highest BCUT2D eigenvalue weighted by Crippen LogP contribution is 2.29. The molecule has 41 heavy (non-hydrogen) atoms. The summed E-state index contributed by atoms with van der Waals surface area (Å²) in [4.78, 5) is 43.5. The third kappa shape index (κ3) is 6.64. The van der Waals surface area contributed by atoms with E-state index in [0.717, 1.165) is 21.2 Å². The minimum atomic E-state index is -0.929. The minimum Gasteiger partial charge on any atom is -0.359 e. The van der Waals surface area contributed by atoms with Gasteiger partial charge in [-0.3, -0.25) is 14.4 Å². The summed E-state index contributed by atoms with van der Waals surface area (Å²) >= 11 is 1.58. The summed E-state index contributed by atoms with van der Waals surface area (Å²) in [5, 5.41) is 5.61. The molecule has 0 spiro atoms. The molecule has 3 amide bonds. The Morgan fingerprint density at radius 2 is 1.71 bits per heavy atom. The molecule has 0 bridgehead atoms. The topological polar surface area (TPSA) is 95.7 Å². The fourth-order valence-electron chi connectivity index (χ4n) is 4.96. The van der Waals surface area contributed by atoms with Crippen molar-refractivity contribution < 1.29 is 18.8 Å². The summed E-state index contributed by atoms with van der Waals surface area (Å²) in [6.45, 7) is 1.78. The van der Waals surface area contributed by atoms with Crippen LogP contribution in [0.5, 0.6) is 0 Å². The number of benzene rings is 3. The van der Waals surface area contributed by atoms with Gasteiger partial charge < -0.3 is 20.9 Å². The Morgan fingerprint density at radius 1 is 1.00 bits per heavy atom. The average molecular weight is 575 g/mol. The second kappa shape index (κ2) is 13.1. The molecule has 0 fully saturated rings. The van der Waals surface area contributed by atoms with Crippen molar-refractivity contribution in [1.29, 1.82) is 0 Å². The van der Waals surface area contributed by atoms with Crippen LogP contribution in [0.1, 0.15) is 45.9 Å². The average Bonchev–Trinajstić information content (AvgIpc) is 3.40. The molecule has 0 saturated heterocycles. The molecule has 3 aromatic carbocycles. The fraction of sp³-hybridized carbons (Fsp3) is 0.281. The Morgan fingerprint density at radius 3 is 2.41 bits per heavy atom. The van der Waals surface area contributed by atoms with Gasteiger partial charge in [0, 0.05) is 56.0 Å². The molecule has 3 atom stereocenters. The van der Waals surface area contributed by atoms with Gasteiger partial charge in [0.25, 0.3) is 5.91 Å². The van der Waals surface area contributed by atoms with Crippen LogP contribution in [0.15, 0.2) is 78.2 Å². The van der Waals surface area contributed by atoms with E-state index in [4.69, 9.17) is 5.73 Å². The predicted octanol–water partition coefficient (Wildman–Crippen LogP) is 4.73. The van der Waals surface area contributed by atoms with Crippen LogP contribution in [0.25, 0.3) is 10.1 Å². The Kier molecular flexibility index (Phi) is 9.52. The third-order valence-corrected chi connectivity index (χ3v) is 8.40. The zero-order chi connectivity index (χ0) is 29.7. The number of hydrogen-bond acceptors (Lipinski definition) is 5. The zero-order valence-corrected chi connectivity index (χ0v) is 24.5. The van der Waals surface area contributed by atoms with Crippen molar-refractivity contribution in [2.24, 2.45) is 5.73 Å². The maximum absolute atomic E-state index is 14.7. The standard InChI is InChI=1S/C32H35FN4O3S/c1-20(34)21-10-9-11-22(16-21)31(39)37(4)28(17-23-19-41-29-15-8-6-12-24(23)29)32(40)36(3)18-26(30(38)35-2)25-13-5-7-14-27(25)33/h5-16,19-20,26,28H,17-18,34H2,1-4H3,(H,35,38)/t20?,26?,28-/m1/s1. The number of nitrogens with zero attached hydrogens (tertiary/aromatic N) is 2. The molecule has 1 aromatic heterocycles. The number of nitrogens with two attached hydrogens (primary N) is 1. The third-order valence-electron chi connectivity index (χ3n) is 7.38. The van der Waals surface area contributed by atoms with Gasteiger partial charge in [0.05, 0.1) is 5.92 Å². The molecular weight excluding hydrogens is 539 g/mol. The van der Waals surface area contributed by atoms with Crippen LogP contribution in [0.2, 0.25) is 0 Å². The fourth-order valence-corrected chi connectivity index (χ4v) is 5.94. The van der Waals surface area contributed by atoms with E-state index in [9.17, 15) is 18.8 Å². The number of carbonyl (C=O) groups excluding carboxylic acids is 3. The second-order valence-electron chi connectivity index (χ2n) is 10.2. The van der Waals surface area contributed by atoms with E-state index < -0.39 is 23.7 Å². The van der Waals surface area contributed by atoms with E-state index in [2.05, 4.69) is 5.32 Å². The normalized spacial score (nSPS) is 13.3. The quantitative estimate of drug-likeness (QED) is 0.286. The lowest BCUT2D eigenvalue weighted by molar-refractivity contribution is -0.135. The number of hydrogen-bond donors (Lipinski definition) is 2. The predicted molar refractivity (Wildman–Crippen MR) is 161 cm³/mol. The molecule has 4 rings (SSSR count). The number of nitrogens with one attached hydrogen (secondary N) is 1. The van der Waals surface area contributed by atoms with Gasteiger partial charge in [-0.25, -0.2) is 4.39 Å². The maximum atomic E-state index is 14.7. The summed E-state index contributed by atoms with van der Waals surface area (Å²) in [6.07, 6.45) is 0.271. The summed E-state index contributed by atoms with van der Waals surface area (Å²) in [6, 6.07) is 19.9. The van der Waals surface area contributed by atoms with Crippen LogP contribution in [-0.4, -0.2) is 61.3 Å². The van der Waals surface area contributed by atoms with Crippen molar-refractivity contribution in [3.05, 3.63) is 106 Å². The molecular formula is C32H35FN4O3S. The van der Waals surface area contributed by atoms with Crippen LogP contribution < -0.4 is 11.1 Å². The van der Waals surface area contributed by atoms with Crippen molar-refractivity contribution in [3.63, 3.8) is 0 Å². The van der Waals surface area contributed by atoms with E-state index in [1.807, 2.05) is 42.6 Å². The zero-order valence-electron chi connectivity index (χ0n) is 23.6. The van der Waals surface area contributed by atoms with Crippen molar-refractivity contribution >= 4 is 39.1 Å². The first-order valence-corrected chi connectivity index (χ1v) is 14.3. The molecule has 9 heteroatoms. The van der Waals surface area contributed by atoms with Crippen LogP contribution in [0.3, 0.4) is 0 Å². The van der Waals surface area contributed by atoms with Crippen LogP contribution in [0, 0.1) is 5.82 Å². The van der Waals surface area contributed by atoms with Gasteiger partial charge >= 0.3 is 0 Å². The number of halogens is 1. The largest absolute Gasteiger partial charge is 0.359 e. The van der Waals surface area contributed by atoms with Crippen LogP contribution in [0.4, 0.5) is 4.39 Å². The maximum Gasteiger partial charge on any atom is 0.254 e. The Balaban J connectivity index is 1.68. The first kappa shape index (κ1) is 29.9. The number of amides is 3. The van der Waals surface area contributed by atoms with Crippen molar-refractivity contribution in [1.82, 2.24) is 15.1 Å². The summed E-state index contributed by atoms with van der Waals surface area (Å²) in [5.41, 5.74) is 8.42. The molecule has 214 valence electrons. The van der Waals surface area contributed by atoms with E-state index >= 15 is 0 Å². The van der Waals surface area contributed by atoms with Crippen molar-refractivity contribution in [3.8, 4) is 0 Å². The van der Waals surface area contributed by atoms with Gasteiger partial charge in [-0.2, -0.15) is 0 Å². The first-order chi connectivity index (χ1) is 19.6. The van der Waals surface area contributed by atoms with Gasteiger partial charge in [0.1, 0.15) is 11.9 Å². The second-order valence-corrected chi connectivity index (χ2v) is 11.1. The molecule has 0 aliphatic rings. The number of carbonyl (C=O) groups is 3. The molecule has 1 heterocycles. The Bertz CT molecular complexity index is 1550. The van der Waals surface area contributed by atoms with Gasteiger partial charge in [-0.1, -0.05) is 48.5 Å². The highest BCUT2D eigenvalue weighted by Gasteiger charge is 2.33. The summed E-state index contributed by atoms with van der Waals surface area (Å²) < 4.78 is 15.8.